The van der Waals surface area contributed by atoms with Gasteiger partial charge in [0.1, 0.15) is 0 Å². The lowest BCUT2D eigenvalue weighted by molar-refractivity contribution is 0.483. The highest BCUT2D eigenvalue weighted by Crippen LogP contribution is 2.22. The molecule has 3 heteroatoms. The molecule has 2 N–H and O–H groups in total. The van der Waals surface area contributed by atoms with Crippen molar-refractivity contribution in [2.45, 2.75) is 26.9 Å². The highest BCUT2D eigenvalue weighted by atomic mass is 15.3. The Bertz CT molecular complexity index is 486. The molecular formula is C14H19N3. The summed E-state index contributed by atoms with van der Waals surface area (Å²) >= 11 is 0. The summed E-state index contributed by atoms with van der Waals surface area (Å²) in [6.07, 6.45) is 4.01. The maximum Gasteiger partial charge on any atom is 0.0568 e. The van der Waals surface area contributed by atoms with Crippen molar-refractivity contribution >= 4 is 0 Å². The van der Waals surface area contributed by atoms with Gasteiger partial charge in [-0.25, -0.2) is 0 Å². The number of hydrogen-bond donors (Lipinski definition) is 1. The first kappa shape index (κ1) is 11.9. The van der Waals surface area contributed by atoms with Crippen LogP contribution in [0.2, 0.25) is 0 Å². The van der Waals surface area contributed by atoms with E-state index in [0.29, 0.717) is 12.5 Å². The third-order valence-electron chi connectivity index (χ3n) is 2.73. The molecule has 3 nitrogen and oxygen atoms in total. The molecule has 0 unspecified atom stereocenters. The van der Waals surface area contributed by atoms with Gasteiger partial charge in [-0.15, -0.1) is 0 Å². The van der Waals surface area contributed by atoms with Crippen molar-refractivity contribution in [2.75, 3.05) is 0 Å². The highest BCUT2D eigenvalue weighted by molar-refractivity contribution is 5.65. The van der Waals surface area contributed by atoms with Crippen LogP contribution in [0, 0.1) is 5.92 Å². The van der Waals surface area contributed by atoms with Gasteiger partial charge in [-0.05, 0) is 17.0 Å². The molecular weight excluding hydrogens is 210 g/mol. The summed E-state index contributed by atoms with van der Waals surface area (Å²) in [6, 6.07) is 8.21. The van der Waals surface area contributed by atoms with Gasteiger partial charge in [0, 0.05) is 24.8 Å². The zero-order valence-corrected chi connectivity index (χ0v) is 10.4. The summed E-state index contributed by atoms with van der Waals surface area (Å²) < 4.78 is 1.99. The van der Waals surface area contributed by atoms with Crippen molar-refractivity contribution in [1.29, 1.82) is 0 Å². The third kappa shape index (κ3) is 2.74. The molecule has 0 aliphatic carbocycles. The summed E-state index contributed by atoms with van der Waals surface area (Å²) in [6.45, 7) is 5.89. The van der Waals surface area contributed by atoms with Crippen LogP contribution in [0.1, 0.15) is 19.4 Å². The molecule has 2 rings (SSSR count). The topological polar surface area (TPSA) is 43.8 Å². The average Bonchev–Trinajstić information content (AvgIpc) is 2.76. The smallest absolute Gasteiger partial charge is 0.0568 e. The molecule has 0 saturated heterocycles. The van der Waals surface area contributed by atoms with Crippen molar-refractivity contribution in [3.8, 4) is 11.1 Å². The van der Waals surface area contributed by atoms with Gasteiger partial charge in [-0.1, -0.05) is 38.1 Å². The van der Waals surface area contributed by atoms with Gasteiger partial charge < -0.3 is 5.73 Å². The second-order valence-corrected chi connectivity index (χ2v) is 4.71. The average molecular weight is 229 g/mol. The van der Waals surface area contributed by atoms with E-state index in [1.54, 1.807) is 0 Å². The van der Waals surface area contributed by atoms with Gasteiger partial charge in [-0.2, -0.15) is 5.10 Å². The molecule has 2 aromatic rings. The fourth-order valence-electron chi connectivity index (χ4n) is 1.96. The summed E-state index contributed by atoms with van der Waals surface area (Å²) in [5.41, 5.74) is 9.24. The normalized spacial score (nSPS) is 11.1. The van der Waals surface area contributed by atoms with E-state index in [1.807, 2.05) is 23.0 Å². The molecule has 1 aromatic heterocycles. The van der Waals surface area contributed by atoms with E-state index in [-0.39, 0.29) is 0 Å². The van der Waals surface area contributed by atoms with Crippen LogP contribution in [0.25, 0.3) is 11.1 Å². The van der Waals surface area contributed by atoms with Gasteiger partial charge in [-0.3, -0.25) is 4.68 Å². The summed E-state index contributed by atoms with van der Waals surface area (Å²) in [5.74, 6) is 0.604. The van der Waals surface area contributed by atoms with Crippen LogP contribution < -0.4 is 5.73 Å². The van der Waals surface area contributed by atoms with Crippen LogP contribution in [0.4, 0.5) is 0 Å². The Balaban J connectivity index is 2.30. The van der Waals surface area contributed by atoms with Gasteiger partial charge in [0.15, 0.2) is 0 Å². The van der Waals surface area contributed by atoms with E-state index in [4.69, 9.17) is 5.73 Å². The van der Waals surface area contributed by atoms with E-state index in [0.717, 1.165) is 17.7 Å². The lowest BCUT2D eigenvalue weighted by atomic mass is 10.0. The van der Waals surface area contributed by atoms with Crippen molar-refractivity contribution < 1.29 is 0 Å². The number of rotatable bonds is 4. The highest BCUT2D eigenvalue weighted by Gasteiger charge is 2.06. The minimum atomic E-state index is 0.561. The van der Waals surface area contributed by atoms with Gasteiger partial charge in [0.25, 0.3) is 0 Å². The molecule has 0 bridgehead atoms. The van der Waals surface area contributed by atoms with Crippen LogP contribution in [-0.4, -0.2) is 9.78 Å². The van der Waals surface area contributed by atoms with Crippen molar-refractivity contribution in [3.63, 3.8) is 0 Å². The minimum Gasteiger partial charge on any atom is -0.326 e. The van der Waals surface area contributed by atoms with E-state index < -0.39 is 0 Å². The number of nitrogens with zero attached hydrogens (tertiary/aromatic N) is 2. The molecule has 0 fully saturated rings. The maximum absolute atomic E-state index is 5.75. The van der Waals surface area contributed by atoms with Crippen molar-refractivity contribution in [1.82, 2.24) is 9.78 Å². The fraction of sp³-hybridized carbons (Fsp3) is 0.357. The van der Waals surface area contributed by atoms with Crippen LogP contribution in [-0.2, 0) is 13.1 Å². The van der Waals surface area contributed by atoms with Crippen LogP contribution in [0.3, 0.4) is 0 Å². The molecule has 0 saturated carbocycles. The SMILES string of the molecule is CC(C)Cn1cc(-c2ccccc2CN)cn1. The Kier molecular flexibility index (Phi) is 3.59. The summed E-state index contributed by atoms with van der Waals surface area (Å²) in [7, 11) is 0. The summed E-state index contributed by atoms with van der Waals surface area (Å²) in [5, 5.41) is 4.38. The first-order chi connectivity index (χ1) is 8.20. The fourth-order valence-corrected chi connectivity index (χ4v) is 1.96. The third-order valence-corrected chi connectivity index (χ3v) is 2.73. The van der Waals surface area contributed by atoms with E-state index in [9.17, 15) is 0 Å². The predicted octanol–water partition coefficient (Wildman–Crippen LogP) is 2.66. The molecule has 0 aliphatic rings. The number of nitrogens with two attached hydrogens (primary N) is 1. The zero-order valence-electron chi connectivity index (χ0n) is 10.4. The molecule has 1 heterocycles. The van der Waals surface area contributed by atoms with E-state index in [2.05, 4.69) is 37.3 Å². The van der Waals surface area contributed by atoms with Crippen molar-refractivity contribution in [2.24, 2.45) is 11.7 Å². The molecule has 0 atom stereocenters. The molecule has 0 spiro atoms. The monoisotopic (exact) mass is 229 g/mol. The second kappa shape index (κ2) is 5.15. The molecule has 0 amide bonds. The Hall–Kier alpha value is -1.61. The molecule has 17 heavy (non-hydrogen) atoms. The first-order valence-electron chi connectivity index (χ1n) is 6.01. The lowest BCUT2D eigenvalue weighted by Crippen LogP contribution is -2.04. The lowest BCUT2D eigenvalue weighted by Gasteiger charge is -2.05. The summed E-state index contributed by atoms with van der Waals surface area (Å²) in [4.78, 5) is 0. The first-order valence-corrected chi connectivity index (χ1v) is 6.01. The van der Waals surface area contributed by atoms with Crippen molar-refractivity contribution in [3.05, 3.63) is 42.2 Å². The molecule has 0 aliphatic heterocycles. The quantitative estimate of drug-likeness (QED) is 0.876. The van der Waals surface area contributed by atoms with Crippen LogP contribution >= 0.6 is 0 Å². The number of hydrogen-bond acceptors (Lipinski definition) is 2. The Morgan fingerprint density at radius 1 is 1.29 bits per heavy atom. The zero-order chi connectivity index (χ0) is 12.3. The van der Waals surface area contributed by atoms with E-state index >= 15 is 0 Å². The molecule has 1 aromatic carbocycles. The predicted molar refractivity (Wildman–Crippen MR) is 70.4 cm³/mol. The van der Waals surface area contributed by atoms with E-state index in [1.165, 1.54) is 5.56 Å². The Morgan fingerprint density at radius 3 is 2.76 bits per heavy atom. The minimum absolute atomic E-state index is 0.561. The Morgan fingerprint density at radius 2 is 2.06 bits per heavy atom. The maximum atomic E-state index is 5.75. The number of aromatic nitrogens is 2. The van der Waals surface area contributed by atoms with Gasteiger partial charge >= 0.3 is 0 Å². The molecule has 90 valence electrons. The van der Waals surface area contributed by atoms with Crippen LogP contribution in [0.5, 0.6) is 0 Å². The van der Waals surface area contributed by atoms with Gasteiger partial charge in [0.2, 0.25) is 0 Å². The largest absolute Gasteiger partial charge is 0.326 e. The molecule has 0 radical (unpaired) electrons. The number of benzene rings is 1. The standard InChI is InChI=1S/C14H19N3/c1-11(2)9-17-10-13(8-16-17)14-6-4-3-5-12(14)7-15/h3-6,8,10-11H,7,9,15H2,1-2H3. The van der Waals surface area contributed by atoms with Gasteiger partial charge in [0.05, 0.1) is 6.20 Å². The van der Waals surface area contributed by atoms with Crippen LogP contribution in [0.15, 0.2) is 36.7 Å². The Labute approximate surface area is 102 Å². The second-order valence-electron chi connectivity index (χ2n) is 4.71.